The topological polar surface area (TPSA) is 94.1 Å². The van der Waals surface area contributed by atoms with Crippen LogP contribution < -0.4 is 5.32 Å². The highest BCUT2D eigenvalue weighted by Crippen LogP contribution is 2.07. The summed E-state index contributed by atoms with van der Waals surface area (Å²) in [5.74, 6) is 0. The monoisotopic (exact) mass is 277 g/mol. The molecule has 0 saturated carbocycles. The molecule has 0 rings (SSSR count). The van der Waals surface area contributed by atoms with Gasteiger partial charge in [0.25, 0.3) is 0 Å². The van der Waals surface area contributed by atoms with Crippen molar-refractivity contribution in [2.24, 2.45) is 0 Å². The number of rotatable bonds is 5. The fourth-order valence-electron chi connectivity index (χ4n) is 1.16. The van der Waals surface area contributed by atoms with Crippen LogP contribution in [0, 0.1) is 0 Å². The summed E-state index contributed by atoms with van der Waals surface area (Å²) in [4.78, 5) is 22.1. The highest BCUT2D eigenvalue weighted by Gasteiger charge is 2.21. The first-order valence-electron chi connectivity index (χ1n) is 6.04. The van der Waals surface area contributed by atoms with Crippen LogP contribution >= 0.6 is 0 Å². The molecule has 2 atom stereocenters. The molecule has 0 aromatic heterocycles. The Bertz CT molecular complexity index is 299. The third-order valence-electron chi connectivity index (χ3n) is 2.12. The van der Waals surface area contributed by atoms with E-state index in [1.54, 1.807) is 27.7 Å². The molecule has 0 fully saturated rings. The van der Waals surface area contributed by atoms with Crippen molar-refractivity contribution >= 4 is 12.2 Å². The van der Waals surface area contributed by atoms with Crippen molar-refractivity contribution < 1.29 is 28.9 Å². The van der Waals surface area contributed by atoms with E-state index in [9.17, 15) is 14.7 Å². The summed E-state index contributed by atoms with van der Waals surface area (Å²) in [7, 11) is 1.20. The fourth-order valence-corrected chi connectivity index (χ4v) is 1.16. The Labute approximate surface area is 113 Å². The lowest BCUT2D eigenvalue weighted by atomic mass is 10.1. The Morgan fingerprint density at radius 2 is 1.89 bits per heavy atom. The summed E-state index contributed by atoms with van der Waals surface area (Å²) in [6, 6.07) is -0.518. The van der Waals surface area contributed by atoms with E-state index >= 15 is 0 Å². The predicted octanol–water partition coefficient (Wildman–Crippen LogP) is 1.43. The van der Waals surface area contributed by atoms with Gasteiger partial charge in [-0.25, -0.2) is 9.59 Å². The second kappa shape index (κ2) is 7.83. The summed E-state index contributed by atoms with van der Waals surface area (Å²) in [6.45, 7) is 6.88. The van der Waals surface area contributed by atoms with Gasteiger partial charge in [-0.05, 0) is 27.7 Å². The summed E-state index contributed by atoms with van der Waals surface area (Å²) in [5, 5.41) is 12.3. The highest BCUT2D eigenvalue weighted by molar-refractivity contribution is 5.68. The van der Waals surface area contributed by atoms with Gasteiger partial charge in [-0.2, -0.15) is 0 Å². The summed E-state index contributed by atoms with van der Waals surface area (Å²) in [5.41, 5.74) is -0.594. The summed E-state index contributed by atoms with van der Waals surface area (Å²) >= 11 is 0. The highest BCUT2D eigenvalue weighted by atomic mass is 16.7. The van der Waals surface area contributed by atoms with Gasteiger partial charge in [0.15, 0.2) is 0 Å². The van der Waals surface area contributed by atoms with Crippen LogP contribution in [-0.2, 0) is 14.2 Å². The predicted molar refractivity (Wildman–Crippen MR) is 67.8 cm³/mol. The standard InChI is InChI=1S/C12H23NO6/c1-8(13-10(15)19-12(2,3)4)9(14)6-7-18-11(16)17-5/h8-9,14H,6-7H2,1-5H3,(H,13,15). The van der Waals surface area contributed by atoms with Crippen molar-refractivity contribution in [2.75, 3.05) is 13.7 Å². The van der Waals surface area contributed by atoms with E-state index in [0.29, 0.717) is 0 Å². The molecule has 2 N–H and O–H groups in total. The molecule has 0 aliphatic rings. The number of alkyl carbamates (subject to hydrolysis) is 1. The molecule has 2 unspecified atom stereocenters. The normalized spacial score (nSPS) is 14.2. The molecule has 0 heterocycles. The minimum atomic E-state index is -0.850. The number of aliphatic hydroxyl groups excluding tert-OH is 1. The van der Waals surface area contributed by atoms with Crippen LogP contribution in [0.4, 0.5) is 9.59 Å². The molecule has 7 heteroatoms. The minimum absolute atomic E-state index is 0.00811. The van der Waals surface area contributed by atoms with Crippen molar-refractivity contribution in [3.63, 3.8) is 0 Å². The molecule has 0 aromatic rings. The molecule has 0 spiro atoms. The maximum atomic E-state index is 11.5. The zero-order valence-corrected chi connectivity index (χ0v) is 12.1. The van der Waals surface area contributed by atoms with E-state index in [-0.39, 0.29) is 13.0 Å². The summed E-state index contributed by atoms with van der Waals surface area (Å²) in [6.07, 6.45) is -2.07. The lowest BCUT2D eigenvalue weighted by molar-refractivity contribution is 0.0340. The zero-order chi connectivity index (χ0) is 15.1. The average molecular weight is 277 g/mol. The van der Waals surface area contributed by atoms with E-state index in [1.165, 1.54) is 7.11 Å². The molecule has 0 bridgehead atoms. The van der Waals surface area contributed by atoms with Gasteiger partial charge in [0, 0.05) is 6.42 Å². The number of aliphatic hydroxyl groups is 1. The van der Waals surface area contributed by atoms with Gasteiger partial charge >= 0.3 is 12.2 Å². The van der Waals surface area contributed by atoms with Gasteiger partial charge < -0.3 is 24.6 Å². The largest absolute Gasteiger partial charge is 0.507 e. The molecular weight excluding hydrogens is 254 g/mol. The van der Waals surface area contributed by atoms with E-state index in [2.05, 4.69) is 14.8 Å². The first-order valence-corrected chi connectivity index (χ1v) is 6.04. The lowest BCUT2D eigenvalue weighted by Gasteiger charge is -2.24. The number of carbonyl (C=O) groups excluding carboxylic acids is 2. The molecule has 0 aliphatic carbocycles. The molecule has 0 aliphatic heterocycles. The average Bonchev–Trinajstić information content (AvgIpc) is 2.25. The number of nitrogens with one attached hydrogen (secondary N) is 1. The minimum Gasteiger partial charge on any atom is -0.444 e. The quantitative estimate of drug-likeness (QED) is 0.738. The Hall–Kier alpha value is -1.50. The van der Waals surface area contributed by atoms with Crippen LogP contribution in [-0.4, -0.2) is 48.8 Å². The fraction of sp³-hybridized carbons (Fsp3) is 0.833. The maximum Gasteiger partial charge on any atom is 0.507 e. The van der Waals surface area contributed by atoms with Crippen LogP contribution in [0.25, 0.3) is 0 Å². The molecule has 1 amide bonds. The van der Waals surface area contributed by atoms with Crippen LogP contribution in [0.3, 0.4) is 0 Å². The Balaban J connectivity index is 3.96. The molecule has 7 nitrogen and oxygen atoms in total. The van der Waals surface area contributed by atoms with Crippen LogP contribution in [0.1, 0.15) is 34.1 Å². The van der Waals surface area contributed by atoms with E-state index < -0.39 is 30.0 Å². The number of carbonyl (C=O) groups is 2. The van der Waals surface area contributed by atoms with Gasteiger partial charge in [-0.15, -0.1) is 0 Å². The Morgan fingerprint density at radius 3 is 2.37 bits per heavy atom. The second-order valence-corrected chi connectivity index (χ2v) is 5.09. The molecule has 112 valence electrons. The third-order valence-corrected chi connectivity index (χ3v) is 2.12. The van der Waals surface area contributed by atoms with Crippen LogP contribution in [0.5, 0.6) is 0 Å². The summed E-state index contributed by atoms with van der Waals surface area (Å²) < 4.78 is 14.0. The zero-order valence-electron chi connectivity index (χ0n) is 12.1. The number of hydrogen-bond acceptors (Lipinski definition) is 6. The first-order chi connectivity index (χ1) is 8.65. The van der Waals surface area contributed by atoms with Crippen molar-refractivity contribution in [3.05, 3.63) is 0 Å². The number of methoxy groups -OCH3 is 1. The number of amides is 1. The maximum absolute atomic E-state index is 11.5. The molecule has 0 aromatic carbocycles. The van der Waals surface area contributed by atoms with Gasteiger partial charge in [-0.3, -0.25) is 0 Å². The molecule has 0 saturated heterocycles. The van der Waals surface area contributed by atoms with Crippen molar-refractivity contribution in [1.29, 1.82) is 0 Å². The van der Waals surface area contributed by atoms with E-state index in [1.807, 2.05) is 0 Å². The SMILES string of the molecule is COC(=O)OCCC(O)C(C)NC(=O)OC(C)(C)C. The van der Waals surface area contributed by atoms with Crippen molar-refractivity contribution in [2.45, 2.75) is 51.9 Å². The lowest BCUT2D eigenvalue weighted by Crippen LogP contribution is -2.44. The Morgan fingerprint density at radius 1 is 1.32 bits per heavy atom. The molecule has 0 radical (unpaired) electrons. The van der Waals surface area contributed by atoms with Crippen LogP contribution in [0.15, 0.2) is 0 Å². The molecular formula is C12H23NO6. The third kappa shape index (κ3) is 9.12. The molecule has 19 heavy (non-hydrogen) atoms. The first kappa shape index (κ1) is 17.5. The van der Waals surface area contributed by atoms with Gasteiger partial charge in [0.2, 0.25) is 0 Å². The number of hydrogen-bond donors (Lipinski definition) is 2. The van der Waals surface area contributed by atoms with E-state index in [0.717, 1.165) is 0 Å². The Kier molecular flexibility index (Phi) is 7.21. The number of ether oxygens (including phenoxy) is 3. The second-order valence-electron chi connectivity index (χ2n) is 5.09. The van der Waals surface area contributed by atoms with Gasteiger partial charge in [-0.1, -0.05) is 0 Å². The van der Waals surface area contributed by atoms with Gasteiger partial charge in [0.05, 0.1) is 25.9 Å². The van der Waals surface area contributed by atoms with Gasteiger partial charge in [0.1, 0.15) is 5.60 Å². The van der Waals surface area contributed by atoms with Crippen molar-refractivity contribution in [1.82, 2.24) is 5.32 Å². The van der Waals surface area contributed by atoms with Crippen molar-refractivity contribution in [3.8, 4) is 0 Å². The smallest absolute Gasteiger partial charge is 0.444 e. The van der Waals surface area contributed by atoms with Crippen LogP contribution in [0.2, 0.25) is 0 Å². The van der Waals surface area contributed by atoms with E-state index in [4.69, 9.17) is 4.74 Å².